The van der Waals surface area contributed by atoms with Crippen LogP contribution in [0.5, 0.6) is 0 Å². The third-order valence-corrected chi connectivity index (χ3v) is 8.06. The van der Waals surface area contributed by atoms with Gasteiger partial charge in [0.15, 0.2) is 21.5 Å². The van der Waals surface area contributed by atoms with E-state index >= 15 is 0 Å². The zero-order chi connectivity index (χ0) is 25.1. The van der Waals surface area contributed by atoms with Crippen molar-refractivity contribution in [1.82, 2.24) is 30.0 Å². The first-order valence-electron chi connectivity index (χ1n) is 11.5. The zero-order valence-electron chi connectivity index (χ0n) is 19.6. The van der Waals surface area contributed by atoms with Crippen LogP contribution in [-0.4, -0.2) is 44.8 Å². The van der Waals surface area contributed by atoms with E-state index in [1.807, 2.05) is 17.7 Å². The van der Waals surface area contributed by atoms with Crippen LogP contribution in [0, 0.1) is 0 Å². The van der Waals surface area contributed by atoms with Gasteiger partial charge in [0.05, 0.1) is 23.2 Å². The Bertz CT molecular complexity index is 1500. The van der Waals surface area contributed by atoms with E-state index in [2.05, 4.69) is 30.8 Å². The smallest absolute Gasteiger partial charge is 0.251 e. The number of carbonyl (C=O) groups is 1. The second kappa shape index (κ2) is 9.86. The van der Waals surface area contributed by atoms with Crippen molar-refractivity contribution in [3.63, 3.8) is 0 Å². The van der Waals surface area contributed by atoms with Crippen LogP contribution >= 0.6 is 0 Å². The highest BCUT2D eigenvalue weighted by molar-refractivity contribution is 7.91. The van der Waals surface area contributed by atoms with Crippen molar-refractivity contribution < 1.29 is 13.2 Å². The molecule has 1 aliphatic heterocycles. The van der Waals surface area contributed by atoms with E-state index < -0.39 is 9.84 Å². The van der Waals surface area contributed by atoms with Crippen molar-refractivity contribution in [2.45, 2.75) is 30.3 Å². The van der Waals surface area contributed by atoms with Crippen LogP contribution in [0.3, 0.4) is 0 Å². The van der Waals surface area contributed by atoms with E-state index in [4.69, 9.17) is 0 Å². The second-order valence-electron chi connectivity index (χ2n) is 8.55. The number of fused-ring (bicyclic) bond motifs is 1. The van der Waals surface area contributed by atoms with E-state index in [0.29, 0.717) is 52.8 Å². The van der Waals surface area contributed by atoms with E-state index in [1.54, 1.807) is 54.7 Å². The number of hydrogen-bond donors (Lipinski definition) is 2. The van der Waals surface area contributed by atoms with Gasteiger partial charge in [0, 0.05) is 24.5 Å². The maximum atomic E-state index is 13.1. The Kier molecular flexibility index (Phi) is 6.47. The van der Waals surface area contributed by atoms with Gasteiger partial charge in [0.25, 0.3) is 5.91 Å². The Labute approximate surface area is 208 Å². The molecule has 0 saturated carbocycles. The minimum atomic E-state index is -3.35. The number of rotatable bonds is 6. The summed E-state index contributed by atoms with van der Waals surface area (Å²) in [5, 5.41) is 14.8. The average Bonchev–Trinajstić information content (AvgIpc) is 3.21. The van der Waals surface area contributed by atoms with Crippen LogP contribution in [-0.2, 0) is 23.4 Å². The molecule has 36 heavy (non-hydrogen) atoms. The van der Waals surface area contributed by atoms with Gasteiger partial charge in [-0.2, -0.15) is 0 Å². The third kappa shape index (κ3) is 4.82. The Morgan fingerprint density at radius 1 is 1.11 bits per heavy atom. The summed E-state index contributed by atoms with van der Waals surface area (Å²) in [6.45, 7) is 0.396. The van der Waals surface area contributed by atoms with Crippen molar-refractivity contribution in [1.29, 1.82) is 0 Å². The molecule has 1 atom stereocenters. The summed E-state index contributed by atoms with van der Waals surface area (Å²) in [5.74, 6) is 1.15. The maximum Gasteiger partial charge on any atom is 0.251 e. The number of nitrogens with zero attached hydrogens (tertiary/aromatic N) is 5. The molecule has 0 fully saturated rings. The average molecular weight is 504 g/mol. The van der Waals surface area contributed by atoms with Crippen molar-refractivity contribution >= 4 is 21.4 Å². The van der Waals surface area contributed by atoms with Crippen molar-refractivity contribution in [3.8, 4) is 11.5 Å². The molecule has 0 spiro atoms. The number of aromatic nitrogens is 5. The largest absolute Gasteiger partial charge is 0.378 e. The molecular weight excluding hydrogens is 478 g/mol. The molecule has 1 unspecified atom stereocenters. The molecule has 0 radical (unpaired) electrons. The molecule has 10 nitrogen and oxygen atoms in total. The first-order chi connectivity index (χ1) is 17.4. The Hall–Kier alpha value is -4.12. The van der Waals surface area contributed by atoms with Crippen molar-refractivity contribution in [2.75, 3.05) is 11.1 Å². The molecule has 0 saturated heterocycles. The quantitative estimate of drug-likeness (QED) is 0.411. The van der Waals surface area contributed by atoms with Crippen LogP contribution in [0.1, 0.15) is 40.6 Å². The molecule has 3 heterocycles. The number of amides is 1. The van der Waals surface area contributed by atoms with E-state index in [9.17, 15) is 13.2 Å². The van der Waals surface area contributed by atoms with Crippen LogP contribution < -0.4 is 10.6 Å². The number of sulfone groups is 1. The Morgan fingerprint density at radius 2 is 1.97 bits per heavy atom. The van der Waals surface area contributed by atoms with Gasteiger partial charge in [-0.25, -0.2) is 18.4 Å². The summed E-state index contributed by atoms with van der Waals surface area (Å²) < 4.78 is 27.0. The number of anilines is 1. The summed E-state index contributed by atoms with van der Waals surface area (Å²) in [4.78, 5) is 21.5. The molecule has 1 amide bonds. The number of nitrogens with one attached hydrogen (secondary N) is 2. The molecular formula is C25H25N7O3S. The normalized spacial score (nSPS) is 16.5. The topological polar surface area (TPSA) is 132 Å². The van der Waals surface area contributed by atoms with Crippen LogP contribution in [0.2, 0.25) is 0 Å². The Morgan fingerprint density at radius 3 is 2.81 bits per heavy atom. The summed E-state index contributed by atoms with van der Waals surface area (Å²) in [6.07, 6.45) is 4.15. The van der Waals surface area contributed by atoms with Gasteiger partial charge in [0.2, 0.25) is 0 Å². The minimum absolute atomic E-state index is 0.0801. The molecule has 0 bridgehead atoms. The SMILES string of the molecule is Cn1c(CNc2cccc(C(=O)NC3CCCS(=O)(=O)c4ccccc43)c2)nnc1-c1ccncn1. The standard InChI is InChI=1S/C25H25N7O3S/c1-32-23(30-31-24(32)21-11-12-26-16-28-21)15-27-18-7-4-6-17(14-18)25(33)29-20-9-5-13-36(34,35)22-10-3-2-8-19(20)22/h2-4,6-8,10-12,14,16,20,27H,5,9,13,15H2,1H3,(H,29,33). The molecule has 11 heteroatoms. The fourth-order valence-corrected chi connectivity index (χ4v) is 5.92. The molecule has 2 N–H and O–H groups in total. The van der Waals surface area contributed by atoms with Crippen LogP contribution in [0.25, 0.3) is 11.5 Å². The highest BCUT2D eigenvalue weighted by Gasteiger charge is 2.28. The molecule has 0 aliphatic carbocycles. The van der Waals surface area contributed by atoms with Crippen LogP contribution in [0.4, 0.5) is 5.69 Å². The van der Waals surface area contributed by atoms with Crippen LogP contribution in [0.15, 0.2) is 72.0 Å². The zero-order valence-corrected chi connectivity index (χ0v) is 20.4. The van der Waals surface area contributed by atoms with Crippen molar-refractivity contribution in [3.05, 3.63) is 84.1 Å². The summed E-state index contributed by atoms with van der Waals surface area (Å²) in [5.41, 5.74) is 2.54. The summed E-state index contributed by atoms with van der Waals surface area (Å²) in [6, 6.07) is 15.5. The second-order valence-corrected chi connectivity index (χ2v) is 10.6. The van der Waals surface area contributed by atoms with Gasteiger partial charge in [-0.3, -0.25) is 4.79 Å². The monoisotopic (exact) mass is 503 g/mol. The van der Waals surface area contributed by atoms with Gasteiger partial charge >= 0.3 is 0 Å². The first kappa shape index (κ1) is 23.6. The van der Waals surface area contributed by atoms with E-state index in [-0.39, 0.29) is 17.7 Å². The molecule has 4 aromatic rings. The predicted octanol–water partition coefficient (Wildman–Crippen LogP) is 2.92. The molecule has 2 aromatic carbocycles. The lowest BCUT2D eigenvalue weighted by Gasteiger charge is -2.19. The number of carbonyl (C=O) groups excluding carboxylic acids is 1. The minimum Gasteiger partial charge on any atom is -0.378 e. The van der Waals surface area contributed by atoms with Gasteiger partial charge < -0.3 is 15.2 Å². The fourth-order valence-electron chi connectivity index (χ4n) is 4.30. The van der Waals surface area contributed by atoms with E-state index in [1.165, 1.54) is 6.33 Å². The lowest BCUT2D eigenvalue weighted by atomic mass is 10.0. The number of benzene rings is 2. The molecule has 5 rings (SSSR count). The van der Waals surface area contributed by atoms with Crippen molar-refractivity contribution in [2.24, 2.45) is 7.05 Å². The highest BCUT2D eigenvalue weighted by atomic mass is 32.2. The van der Waals surface area contributed by atoms with Gasteiger partial charge in [-0.05, 0) is 48.7 Å². The highest BCUT2D eigenvalue weighted by Crippen LogP contribution is 2.31. The predicted molar refractivity (Wildman–Crippen MR) is 134 cm³/mol. The summed E-state index contributed by atoms with van der Waals surface area (Å²) in [7, 11) is -1.49. The van der Waals surface area contributed by atoms with Gasteiger partial charge in [-0.15, -0.1) is 10.2 Å². The summed E-state index contributed by atoms with van der Waals surface area (Å²) >= 11 is 0. The molecule has 184 valence electrons. The molecule has 1 aliphatic rings. The molecule has 2 aromatic heterocycles. The van der Waals surface area contributed by atoms with Gasteiger partial charge in [-0.1, -0.05) is 24.3 Å². The maximum absolute atomic E-state index is 13.1. The first-order valence-corrected chi connectivity index (χ1v) is 13.2. The lowest BCUT2D eigenvalue weighted by Crippen LogP contribution is -2.28. The fraction of sp³-hybridized carbons (Fsp3) is 0.240. The lowest BCUT2D eigenvalue weighted by molar-refractivity contribution is 0.0934. The Balaban J connectivity index is 1.29. The van der Waals surface area contributed by atoms with Gasteiger partial charge in [0.1, 0.15) is 12.0 Å². The third-order valence-electron chi connectivity index (χ3n) is 6.19. The number of hydrogen-bond acceptors (Lipinski definition) is 8. The van der Waals surface area contributed by atoms with E-state index in [0.717, 1.165) is 5.69 Å².